The fourth-order valence-corrected chi connectivity index (χ4v) is 4.71. The summed E-state index contributed by atoms with van der Waals surface area (Å²) in [7, 11) is 0. The van der Waals surface area contributed by atoms with Gasteiger partial charge in [0, 0.05) is 18.6 Å². The van der Waals surface area contributed by atoms with Gasteiger partial charge in [0.1, 0.15) is 0 Å². The molecule has 3 rings (SSSR count). The number of nitrogens with two attached hydrogens (primary N) is 1. The Labute approximate surface area is 106 Å². The molecule has 17 heavy (non-hydrogen) atoms. The van der Waals surface area contributed by atoms with E-state index >= 15 is 0 Å². The molecule has 98 valence electrons. The Bertz CT molecular complexity index is 258. The van der Waals surface area contributed by atoms with Crippen LogP contribution < -0.4 is 5.73 Å². The van der Waals surface area contributed by atoms with E-state index in [0.29, 0.717) is 5.54 Å². The molecule has 2 nitrogen and oxygen atoms in total. The van der Waals surface area contributed by atoms with E-state index in [1.54, 1.807) is 0 Å². The fraction of sp³-hybridized carbons (Fsp3) is 1.00. The van der Waals surface area contributed by atoms with Gasteiger partial charge in [-0.2, -0.15) is 0 Å². The van der Waals surface area contributed by atoms with Gasteiger partial charge >= 0.3 is 0 Å². The van der Waals surface area contributed by atoms with Crippen LogP contribution in [0.5, 0.6) is 0 Å². The highest BCUT2D eigenvalue weighted by molar-refractivity contribution is 4.99. The summed E-state index contributed by atoms with van der Waals surface area (Å²) < 4.78 is 0. The van der Waals surface area contributed by atoms with E-state index in [4.69, 9.17) is 5.73 Å². The third-order valence-electron chi connectivity index (χ3n) is 5.88. The second-order valence-corrected chi connectivity index (χ2v) is 6.67. The predicted molar refractivity (Wildman–Crippen MR) is 71.9 cm³/mol. The summed E-state index contributed by atoms with van der Waals surface area (Å²) in [5.41, 5.74) is 6.53. The first kappa shape index (κ1) is 12.0. The molecule has 2 unspecified atom stereocenters. The minimum absolute atomic E-state index is 0.405. The van der Waals surface area contributed by atoms with Crippen molar-refractivity contribution >= 4 is 0 Å². The average molecular weight is 236 g/mol. The number of hydrogen-bond acceptors (Lipinski definition) is 2. The molecule has 3 fully saturated rings. The topological polar surface area (TPSA) is 29.3 Å². The van der Waals surface area contributed by atoms with E-state index in [2.05, 4.69) is 4.90 Å². The molecule has 2 saturated carbocycles. The molecule has 0 amide bonds. The van der Waals surface area contributed by atoms with E-state index in [1.165, 1.54) is 70.9 Å². The number of piperidine rings is 1. The van der Waals surface area contributed by atoms with Gasteiger partial charge in [-0.25, -0.2) is 0 Å². The van der Waals surface area contributed by atoms with Gasteiger partial charge in [0.15, 0.2) is 0 Å². The molecule has 0 aromatic rings. The molecule has 1 aliphatic heterocycles. The Hall–Kier alpha value is -0.0800. The van der Waals surface area contributed by atoms with Gasteiger partial charge in [0.05, 0.1) is 0 Å². The molecule has 1 heterocycles. The second kappa shape index (κ2) is 4.89. The summed E-state index contributed by atoms with van der Waals surface area (Å²) in [6.07, 6.45) is 12.9. The van der Waals surface area contributed by atoms with Crippen LogP contribution in [-0.2, 0) is 0 Å². The molecule has 3 aliphatic rings. The zero-order valence-corrected chi connectivity index (χ0v) is 11.2. The van der Waals surface area contributed by atoms with Crippen LogP contribution in [0.25, 0.3) is 0 Å². The highest BCUT2D eigenvalue weighted by atomic mass is 15.2. The van der Waals surface area contributed by atoms with Crippen LogP contribution in [0.3, 0.4) is 0 Å². The van der Waals surface area contributed by atoms with E-state index < -0.39 is 0 Å². The van der Waals surface area contributed by atoms with Gasteiger partial charge in [0.2, 0.25) is 0 Å². The van der Waals surface area contributed by atoms with Crippen molar-refractivity contribution in [1.29, 1.82) is 0 Å². The van der Waals surface area contributed by atoms with Gasteiger partial charge in [0.25, 0.3) is 0 Å². The molecule has 2 N–H and O–H groups in total. The molecular formula is C15H28N2. The molecule has 0 aromatic heterocycles. The zero-order valence-electron chi connectivity index (χ0n) is 11.2. The maximum Gasteiger partial charge on any atom is 0.0331 e. The van der Waals surface area contributed by atoms with Crippen LogP contribution >= 0.6 is 0 Å². The van der Waals surface area contributed by atoms with Crippen LogP contribution in [0.1, 0.15) is 57.8 Å². The molecule has 0 spiro atoms. The fourth-order valence-electron chi connectivity index (χ4n) is 4.71. The van der Waals surface area contributed by atoms with Crippen molar-refractivity contribution in [3.63, 3.8) is 0 Å². The van der Waals surface area contributed by atoms with Crippen molar-refractivity contribution in [3.8, 4) is 0 Å². The first-order valence-electron chi connectivity index (χ1n) is 7.79. The number of rotatable bonds is 2. The van der Waals surface area contributed by atoms with E-state index in [0.717, 1.165) is 18.4 Å². The molecular weight excluding hydrogens is 208 g/mol. The number of likely N-dealkylation sites (tertiary alicyclic amines) is 1. The molecule has 1 saturated heterocycles. The molecule has 2 heteroatoms. The minimum atomic E-state index is 0.405. The van der Waals surface area contributed by atoms with Gasteiger partial charge in [-0.15, -0.1) is 0 Å². The van der Waals surface area contributed by atoms with Crippen molar-refractivity contribution in [2.24, 2.45) is 17.6 Å². The van der Waals surface area contributed by atoms with Crippen molar-refractivity contribution in [2.45, 2.75) is 63.3 Å². The standard InChI is InChI=1S/C15H28N2/c16-12-15(8-3-4-9-15)17-10-7-13-5-1-2-6-14(13)11-17/h13-14H,1-12,16H2. The highest BCUT2D eigenvalue weighted by Gasteiger charge is 2.42. The van der Waals surface area contributed by atoms with Crippen LogP contribution in [-0.4, -0.2) is 30.1 Å². The third-order valence-corrected chi connectivity index (χ3v) is 5.88. The highest BCUT2D eigenvalue weighted by Crippen LogP contribution is 2.42. The summed E-state index contributed by atoms with van der Waals surface area (Å²) in [4.78, 5) is 2.80. The van der Waals surface area contributed by atoms with E-state index in [1.807, 2.05) is 0 Å². The van der Waals surface area contributed by atoms with Crippen molar-refractivity contribution in [3.05, 3.63) is 0 Å². The summed E-state index contributed by atoms with van der Waals surface area (Å²) in [5.74, 6) is 2.05. The largest absolute Gasteiger partial charge is 0.329 e. The lowest BCUT2D eigenvalue weighted by Gasteiger charge is -2.49. The van der Waals surface area contributed by atoms with Crippen LogP contribution in [0.15, 0.2) is 0 Å². The maximum atomic E-state index is 6.13. The average Bonchev–Trinajstić information content (AvgIpc) is 2.88. The third kappa shape index (κ3) is 2.15. The summed E-state index contributed by atoms with van der Waals surface area (Å²) in [6, 6.07) is 0. The summed E-state index contributed by atoms with van der Waals surface area (Å²) in [6.45, 7) is 3.59. The van der Waals surface area contributed by atoms with Crippen molar-refractivity contribution < 1.29 is 0 Å². The lowest BCUT2D eigenvalue weighted by molar-refractivity contribution is 0.0101. The normalized spacial score (nSPS) is 37.9. The Morgan fingerprint density at radius 2 is 1.65 bits per heavy atom. The van der Waals surface area contributed by atoms with Gasteiger partial charge < -0.3 is 5.73 Å². The summed E-state index contributed by atoms with van der Waals surface area (Å²) in [5, 5.41) is 0. The maximum absolute atomic E-state index is 6.13. The Kier molecular flexibility index (Phi) is 3.45. The number of hydrogen-bond donors (Lipinski definition) is 1. The second-order valence-electron chi connectivity index (χ2n) is 6.67. The van der Waals surface area contributed by atoms with Gasteiger partial charge in [-0.05, 0) is 44.1 Å². The predicted octanol–water partition coefficient (Wildman–Crippen LogP) is 2.77. The summed E-state index contributed by atoms with van der Waals surface area (Å²) >= 11 is 0. The van der Waals surface area contributed by atoms with Crippen LogP contribution in [0, 0.1) is 11.8 Å². The molecule has 2 atom stereocenters. The van der Waals surface area contributed by atoms with Crippen LogP contribution in [0.4, 0.5) is 0 Å². The molecule has 0 radical (unpaired) electrons. The van der Waals surface area contributed by atoms with Crippen molar-refractivity contribution in [2.75, 3.05) is 19.6 Å². The monoisotopic (exact) mass is 236 g/mol. The van der Waals surface area contributed by atoms with Gasteiger partial charge in [-0.3, -0.25) is 4.90 Å². The Balaban J connectivity index is 1.68. The number of nitrogens with zero attached hydrogens (tertiary/aromatic N) is 1. The first-order chi connectivity index (χ1) is 8.34. The Morgan fingerprint density at radius 3 is 2.35 bits per heavy atom. The van der Waals surface area contributed by atoms with Gasteiger partial charge in [-0.1, -0.05) is 32.1 Å². The molecule has 0 bridgehead atoms. The van der Waals surface area contributed by atoms with E-state index in [9.17, 15) is 0 Å². The Morgan fingerprint density at radius 1 is 0.941 bits per heavy atom. The van der Waals surface area contributed by atoms with Crippen molar-refractivity contribution in [1.82, 2.24) is 4.90 Å². The quantitative estimate of drug-likeness (QED) is 0.799. The zero-order chi connectivity index (χ0) is 11.7. The lowest BCUT2D eigenvalue weighted by Crippen LogP contribution is -2.57. The first-order valence-corrected chi connectivity index (χ1v) is 7.79. The van der Waals surface area contributed by atoms with Crippen LogP contribution in [0.2, 0.25) is 0 Å². The lowest BCUT2D eigenvalue weighted by atomic mass is 9.74. The molecule has 2 aliphatic carbocycles. The van der Waals surface area contributed by atoms with E-state index in [-0.39, 0.29) is 0 Å². The molecule has 0 aromatic carbocycles. The minimum Gasteiger partial charge on any atom is -0.329 e. The smallest absolute Gasteiger partial charge is 0.0331 e. The SMILES string of the molecule is NCC1(N2CCC3CCCCC3C2)CCCC1. The number of fused-ring (bicyclic) bond motifs is 1.